The minimum absolute atomic E-state index is 0.282. The molecule has 0 spiro atoms. The van der Waals surface area contributed by atoms with E-state index < -0.39 is 0 Å². The van der Waals surface area contributed by atoms with E-state index in [0.717, 1.165) is 0 Å². The standard InChI is InChI=1S/C4H8N4OS/c1-7(2)8-3(9)5-6-4(8)10/h1-2H3,(H,5,9)(H,6,10). The molecule has 1 aromatic heterocycles. The van der Waals surface area contributed by atoms with Gasteiger partial charge in [0.1, 0.15) is 0 Å². The number of hydrogen-bond donors (Lipinski definition) is 2. The molecule has 0 saturated carbocycles. The Balaban J connectivity index is 3.23. The summed E-state index contributed by atoms with van der Waals surface area (Å²) in [4.78, 5) is 10.8. The van der Waals surface area contributed by atoms with Gasteiger partial charge in [-0.25, -0.2) is 9.89 Å². The Kier molecular flexibility index (Phi) is 1.71. The molecule has 10 heavy (non-hydrogen) atoms. The molecule has 1 heterocycles. The molecule has 0 saturated heterocycles. The molecule has 0 bridgehead atoms. The highest BCUT2D eigenvalue weighted by molar-refractivity contribution is 7.80. The fourth-order valence-electron chi connectivity index (χ4n) is 0.644. The summed E-state index contributed by atoms with van der Waals surface area (Å²) < 4.78 is 1.31. The minimum atomic E-state index is -0.282. The third-order valence-electron chi connectivity index (χ3n) is 1.03. The second kappa shape index (κ2) is 2.37. The highest BCUT2D eigenvalue weighted by atomic mass is 32.1. The Hall–Kier alpha value is -0.910. The van der Waals surface area contributed by atoms with E-state index in [1.165, 1.54) is 4.68 Å². The number of aromatic amines is 1. The Morgan fingerprint density at radius 2 is 2.30 bits per heavy atom. The maximum absolute atomic E-state index is 10.8. The van der Waals surface area contributed by atoms with Gasteiger partial charge in [0.2, 0.25) is 5.16 Å². The molecule has 1 N–H and O–H groups in total. The molecule has 0 fully saturated rings. The summed E-state index contributed by atoms with van der Waals surface area (Å²) in [6, 6.07) is 0. The Bertz CT molecular complexity index is 275. The van der Waals surface area contributed by atoms with Crippen LogP contribution in [0.1, 0.15) is 0 Å². The summed E-state index contributed by atoms with van der Waals surface area (Å²) in [6.07, 6.45) is 0. The van der Waals surface area contributed by atoms with Gasteiger partial charge in [-0.05, 0) is 0 Å². The molecular formula is C4H8N4OS. The minimum Gasteiger partial charge on any atom is -0.313 e. The summed E-state index contributed by atoms with van der Waals surface area (Å²) in [5.41, 5.74) is -0.282. The van der Waals surface area contributed by atoms with Crippen molar-refractivity contribution in [2.24, 2.45) is 0 Å². The van der Waals surface area contributed by atoms with Crippen LogP contribution < -0.4 is 10.7 Å². The summed E-state index contributed by atoms with van der Waals surface area (Å²) >= 11 is 3.94. The van der Waals surface area contributed by atoms with Crippen molar-refractivity contribution in [3.63, 3.8) is 0 Å². The van der Waals surface area contributed by atoms with E-state index in [0.29, 0.717) is 5.16 Å². The number of hydrogen-bond acceptors (Lipinski definition) is 4. The number of thiol groups is 1. The average Bonchev–Trinajstić information content (AvgIpc) is 2.11. The van der Waals surface area contributed by atoms with Crippen molar-refractivity contribution in [3.8, 4) is 0 Å². The predicted octanol–water partition coefficient (Wildman–Crippen LogP) is -0.942. The van der Waals surface area contributed by atoms with Crippen molar-refractivity contribution >= 4 is 12.6 Å². The number of aromatic nitrogens is 3. The van der Waals surface area contributed by atoms with E-state index in [9.17, 15) is 4.79 Å². The first-order chi connectivity index (χ1) is 4.63. The van der Waals surface area contributed by atoms with Crippen molar-refractivity contribution in [3.05, 3.63) is 10.5 Å². The fourth-order valence-corrected chi connectivity index (χ4v) is 0.964. The van der Waals surface area contributed by atoms with Gasteiger partial charge in [-0.15, -0.1) is 17.7 Å². The maximum Gasteiger partial charge on any atom is 0.363 e. The third-order valence-corrected chi connectivity index (χ3v) is 1.32. The second-order valence-electron chi connectivity index (χ2n) is 1.99. The van der Waals surface area contributed by atoms with Crippen molar-refractivity contribution in [1.82, 2.24) is 14.9 Å². The first kappa shape index (κ1) is 7.20. The summed E-state index contributed by atoms with van der Waals surface area (Å²) in [6.45, 7) is 0. The molecule has 0 aliphatic rings. The third kappa shape index (κ3) is 1.02. The first-order valence-corrected chi connectivity index (χ1v) is 3.11. The van der Waals surface area contributed by atoms with Crippen LogP contribution in [0.25, 0.3) is 0 Å². The summed E-state index contributed by atoms with van der Waals surface area (Å²) in [5.74, 6) is 0. The molecule has 1 aromatic rings. The lowest BCUT2D eigenvalue weighted by Crippen LogP contribution is -2.34. The lowest BCUT2D eigenvalue weighted by Gasteiger charge is -2.11. The number of H-pyrrole nitrogens is 1. The highest BCUT2D eigenvalue weighted by Gasteiger charge is 2.03. The van der Waals surface area contributed by atoms with Gasteiger partial charge < -0.3 is 5.01 Å². The van der Waals surface area contributed by atoms with Crippen LogP contribution in [-0.4, -0.2) is 29.0 Å². The zero-order valence-corrected chi connectivity index (χ0v) is 6.59. The average molecular weight is 160 g/mol. The smallest absolute Gasteiger partial charge is 0.313 e. The first-order valence-electron chi connectivity index (χ1n) is 2.67. The fraction of sp³-hybridized carbons (Fsp3) is 0.500. The molecule has 56 valence electrons. The molecule has 0 atom stereocenters. The molecule has 0 aliphatic heterocycles. The Morgan fingerprint density at radius 1 is 1.70 bits per heavy atom. The summed E-state index contributed by atoms with van der Waals surface area (Å²) in [7, 11) is 3.47. The molecular weight excluding hydrogens is 152 g/mol. The van der Waals surface area contributed by atoms with E-state index in [-0.39, 0.29) is 5.69 Å². The molecule has 1 rings (SSSR count). The molecule has 5 nitrogen and oxygen atoms in total. The van der Waals surface area contributed by atoms with Crippen molar-refractivity contribution < 1.29 is 0 Å². The van der Waals surface area contributed by atoms with Gasteiger partial charge in [-0.3, -0.25) is 0 Å². The normalized spacial score (nSPS) is 9.90. The second-order valence-corrected chi connectivity index (χ2v) is 2.39. The topological polar surface area (TPSA) is 53.9 Å². The van der Waals surface area contributed by atoms with Crippen LogP contribution in [0.4, 0.5) is 0 Å². The van der Waals surface area contributed by atoms with Gasteiger partial charge >= 0.3 is 5.69 Å². The lowest BCUT2D eigenvalue weighted by molar-refractivity contribution is 0.641. The van der Waals surface area contributed by atoms with Crippen LogP contribution in [0.2, 0.25) is 0 Å². The highest BCUT2D eigenvalue weighted by Crippen LogP contribution is 1.93. The van der Waals surface area contributed by atoms with Crippen LogP contribution in [0, 0.1) is 0 Å². The van der Waals surface area contributed by atoms with E-state index >= 15 is 0 Å². The molecule has 0 aliphatic carbocycles. The van der Waals surface area contributed by atoms with Crippen molar-refractivity contribution in [1.29, 1.82) is 0 Å². The van der Waals surface area contributed by atoms with E-state index in [1.807, 2.05) is 0 Å². The molecule has 0 radical (unpaired) electrons. The Morgan fingerprint density at radius 3 is 2.50 bits per heavy atom. The van der Waals surface area contributed by atoms with Crippen LogP contribution >= 0.6 is 12.6 Å². The van der Waals surface area contributed by atoms with E-state index in [2.05, 4.69) is 22.8 Å². The molecule has 0 aromatic carbocycles. The number of nitrogens with one attached hydrogen (secondary N) is 1. The van der Waals surface area contributed by atoms with Gasteiger partial charge in [-0.1, -0.05) is 0 Å². The predicted molar refractivity (Wildman–Crippen MR) is 40.2 cm³/mol. The van der Waals surface area contributed by atoms with Gasteiger partial charge in [0.05, 0.1) is 0 Å². The monoisotopic (exact) mass is 160 g/mol. The van der Waals surface area contributed by atoms with E-state index in [1.54, 1.807) is 19.1 Å². The van der Waals surface area contributed by atoms with Gasteiger partial charge in [0.25, 0.3) is 0 Å². The van der Waals surface area contributed by atoms with Gasteiger partial charge in [0, 0.05) is 14.1 Å². The maximum atomic E-state index is 10.8. The van der Waals surface area contributed by atoms with Crippen LogP contribution in [0.5, 0.6) is 0 Å². The zero-order valence-electron chi connectivity index (χ0n) is 5.70. The number of rotatable bonds is 1. The van der Waals surface area contributed by atoms with Crippen LogP contribution in [0.15, 0.2) is 9.95 Å². The largest absolute Gasteiger partial charge is 0.363 e. The molecule has 0 amide bonds. The quantitative estimate of drug-likeness (QED) is 0.521. The van der Waals surface area contributed by atoms with Gasteiger partial charge in [-0.2, -0.15) is 4.68 Å². The SMILES string of the molecule is CN(C)n1c(S)n[nH]c1=O. The van der Waals surface area contributed by atoms with Crippen LogP contribution in [0.3, 0.4) is 0 Å². The zero-order chi connectivity index (χ0) is 7.72. The number of nitrogens with zero attached hydrogens (tertiary/aromatic N) is 3. The molecule has 0 unspecified atom stereocenters. The van der Waals surface area contributed by atoms with Gasteiger partial charge in [0.15, 0.2) is 0 Å². The van der Waals surface area contributed by atoms with E-state index in [4.69, 9.17) is 0 Å². The molecule has 6 heteroatoms. The van der Waals surface area contributed by atoms with Crippen LogP contribution in [-0.2, 0) is 0 Å². The van der Waals surface area contributed by atoms with Crippen molar-refractivity contribution in [2.45, 2.75) is 5.16 Å². The summed E-state index contributed by atoms with van der Waals surface area (Å²) in [5, 5.41) is 7.79. The van der Waals surface area contributed by atoms with Crippen molar-refractivity contribution in [2.75, 3.05) is 19.1 Å². The lowest BCUT2D eigenvalue weighted by atomic mass is 11.0. The Labute approximate surface area is 63.0 Å².